The van der Waals surface area contributed by atoms with E-state index in [4.69, 9.17) is 0 Å². The summed E-state index contributed by atoms with van der Waals surface area (Å²) < 4.78 is 0. The van der Waals surface area contributed by atoms with Crippen molar-refractivity contribution in [1.82, 2.24) is 5.32 Å². The molecule has 2 N–H and O–H groups in total. The van der Waals surface area contributed by atoms with Crippen LogP contribution >= 0.6 is 0 Å². The first-order valence-electron chi connectivity index (χ1n) is 6.34. The van der Waals surface area contributed by atoms with Gasteiger partial charge in [0.2, 0.25) is 5.91 Å². The number of rotatable bonds is 0. The van der Waals surface area contributed by atoms with Gasteiger partial charge in [-0.2, -0.15) is 0 Å². The Kier molecular flexibility index (Phi) is 2.27. The van der Waals surface area contributed by atoms with Crippen LogP contribution in [0, 0.1) is 5.41 Å². The zero-order valence-electron chi connectivity index (χ0n) is 10.7. The molecule has 94 valence electrons. The molecule has 1 fully saturated rings. The number of benzene rings is 1. The molecule has 3 heteroatoms. The Labute approximate surface area is 107 Å². The molecule has 3 rings (SSSR count). The van der Waals surface area contributed by atoms with E-state index in [9.17, 15) is 9.90 Å². The van der Waals surface area contributed by atoms with Gasteiger partial charge in [-0.25, -0.2) is 0 Å². The Balaban J connectivity index is 2.27. The van der Waals surface area contributed by atoms with Crippen molar-refractivity contribution < 1.29 is 9.90 Å². The van der Waals surface area contributed by atoms with Crippen molar-refractivity contribution in [3.05, 3.63) is 34.9 Å². The normalized spacial score (nSPS) is 25.1. The summed E-state index contributed by atoms with van der Waals surface area (Å²) in [5, 5.41) is 12.8. The molecule has 1 aromatic rings. The third kappa shape index (κ3) is 1.47. The SMILES string of the molecule is CC1(C)Cc2c(O)cccc2/C1=C1\CCNC1=O. The minimum absolute atomic E-state index is 0.0502. The van der Waals surface area contributed by atoms with Gasteiger partial charge in [0, 0.05) is 17.7 Å². The largest absolute Gasteiger partial charge is 0.508 e. The number of hydrogen-bond donors (Lipinski definition) is 2. The summed E-state index contributed by atoms with van der Waals surface area (Å²) in [4.78, 5) is 11.9. The number of allylic oxidation sites excluding steroid dienone is 1. The van der Waals surface area contributed by atoms with Crippen LogP contribution in [0.2, 0.25) is 0 Å². The van der Waals surface area contributed by atoms with Crippen molar-refractivity contribution in [2.75, 3.05) is 6.54 Å². The highest BCUT2D eigenvalue weighted by Crippen LogP contribution is 2.50. The number of amides is 1. The molecular formula is C15H17NO2. The molecule has 2 aliphatic rings. The molecule has 0 atom stereocenters. The van der Waals surface area contributed by atoms with Gasteiger partial charge in [0.1, 0.15) is 5.75 Å². The summed E-state index contributed by atoms with van der Waals surface area (Å²) >= 11 is 0. The highest BCUT2D eigenvalue weighted by atomic mass is 16.3. The van der Waals surface area contributed by atoms with Gasteiger partial charge in [-0.1, -0.05) is 26.0 Å². The summed E-state index contributed by atoms with van der Waals surface area (Å²) in [6.45, 7) is 5.00. The molecule has 0 unspecified atom stereocenters. The summed E-state index contributed by atoms with van der Waals surface area (Å²) in [6.07, 6.45) is 1.58. The van der Waals surface area contributed by atoms with E-state index >= 15 is 0 Å². The van der Waals surface area contributed by atoms with Gasteiger partial charge >= 0.3 is 0 Å². The number of aromatic hydroxyl groups is 1. The Bertz CT molecular complexity index is 570. The maximum atomic E-state index is 11.9. The number of nitrogens with one attached hydrogen (secondary N) is 1. The Morgan fingerprint density at radius 3 is 2.78 bits per heavy atom. The van der Waals surface area contributed by atoms with Crippen LogP contribution in [0.15, 0.2) is 23.8 Å². The number of fused-ring (bicyclic) bond motifs is 1. The summed E-state index contributed by atoms with van der Waals surface area (Å²) in [7, 11) is 0. The zero-order chi connectivity index (χ0) is 12.9. The molecule has 1 heterocycles. The molecule has 0 saturated carbocycles. The highest BCUT2D eigenvalue weighted by Gasteiger charge is 2.39. The minimum atomic E-state index is -0.0851. The third-order valence-electron chi connectivity index (χ3n) is 3.95. The van der Waals surface area contributed by atoms with E-state index in [2.05, 4.69) is 19.2 Å². The van der Waals surface area contributed by atoms with Crippen LogP contribution in [-0.4, -0.2) is 17.6 Å². The number of phenolic OH excluding ortho intramolecular Hbond substituents is 1. The average molecular weight is 243 g/mol. The number of carbonyl (C=O) groups excluding carboxylic acids is 1. The van der Waals surface area contributed by atoms with Crippen molar-refractivity contribution in [1.29, 1.82) is 0 Å². The zero-order valence-corrected chi connectivity index (χ0v) is 10.7. The smallest absolute Gasteiger partial charge is 0.247 e. The van der Waals surface area contributed by atoms with Crippen molar-refractivity contribution in [3.63, 3.8) is 0 Å². The lowest BCUT2D eigenvalue weighted by molar-refractivity contribution is -0.116. The standard InChI is InChI=1S/C15H17NO2/c1-15(2)8-11-9(4-3-5-12(11)17)13(15)10-6-7-16-14(10)18/h3-5,17H,6-8H2,1-2H3,(H,16,18)/b13-10-. The predicted octanol–water partition coefficient (Wildman–Crippen LogP) is 2.25. The topological polar surface area (TPSA) is 49.3 Å². The lowest BCUT2D eigenvalue weighted by Crippen LogP contribution is -2.18. The first-order valence-corrected chi connectivity index (χ1v) is 6.34. The van der Waals surface area contributed by atoms with Crippen molar-refractivity contribution >= 4 is 11.5 Å². The monoisotopic (exact) mass is 243 g/mol. The van der Waals surface area contributed by atoms with Gasteiger partial charge < -0.3 is 10.4 Å². The lowest BCUT2D eigenvalue weighted by atomic mass is 9.82. The van der Waals surface area contributed by atoms with E-state index in [1.54, 1.807) is 6.07 Å². The maximum absolute atomic E-state index is 11.9. The molecule has 0 radical (unpaired) electrons. The second-order valence-electron chi connectivity index (χ2n) is 5.72. The van der Waals surface area contributed by atoms with Crippen LogP contribution in [0.1, 0.15) is 31.4 Å². The summed E-state index contributed by atoms with van der Waals surface area (Å²) in [5.74, 6) is 0.392. The van der Waals surface area contributed by atoms with Crippen LogP contribution in [0.3, 0.4) is 0 Å². The fraction of sp³-hybridized carbons (Fsp3) is 0.400. The molecule has 0 aromatic heterocycles. The first kappa shape index (κ1) is 11.3. The molecule has 3 nitrogen and oxygen atoms in total. The Hall–Kier alpha value is -1.77. The maximum Gasteiger partial charge on any atom is 0.247 e. The molecule has 1 aromatic carbocycles. The van der Waals surface area contributed by atoms with Crippen molar-refractivity contribution in [2.24, 2.45) is 5.41 Å². The van der Waals surface area contributed by atoms with Gasteiger partial charge in [-0.05, 0) is 35.5 Å². The predicted molar refractivity (Wildman–Crippen MR) is 70.1 cm³/mol. The van der Waals surface area contributed by atoms with Crippen LogP contribution in [-0.2, 0) is 11.2 Å². The van der Waals surface area contributed by atoms with Gasteiger partial charge in [-0.15, -0.1) is 0 Å². The van der Waals surface area contributed by atoms with E-state index in [1.165, 1.54) is 0 Å². The van der Waals surface area contributed by atoms with E-state index in [0.717, 1.165) is 41.7 Å². The van der Waals surface area contributed by atoms with E-state index < -0.39 is 0 Å². The average Bonchev–Trinajstić information content (AvgIpc) is 2.80. The number of hydrogen-bond acceptors (Lipinski definition) is 2. The van der Waals surface area contributed by atoms with Crippen LogP contribution in [0.5, 0.6) is 5.75 Å². The van der Waals surface area contributed by atoms with Crippen LogP contribution < -0.4 is 5.32 Å². The molecule has 1 saturated heterocycles. The van der Waals surface area contributed by atoms with E-state index in [-0.39, 0.29) is 11.3 Å². The van der Waals surface area contributed by atoms with Gasteiger partial charge in [-0.3, -0.25) is 4.79 Å². The highest BCUT2D eigenvalue weighted by molar-refractivity contribution is 6.05. The fourth-order valence-corrected chi connectivity index (χ4v) is 3.22. The van der Waals surface area contributed by atoms with Crippen molar-refractivity contribution in [3.8, 4) is 5.75 Å². The second-order valence-corrected chi connectivity index (χ2v) is 5.72. The molecule has 18 heavy (non-hydrogen) atoms. The van der Waals surface area contributed by atoms with Crippen LogP contribution in [0.25, 0.3) is 5.57 Å². The fourth-order valence-electron chi connectivity index (χ4n) is 3.22. The molecule has 1 amide bonds. The summed E-state index contributed by atoms with van der Waals surface area (Å²) in [5.41, 5.74) is 3.95. The molecular weight excluding hydrogens is 226 g/mol. The molecule has 1 aliphatic carbocycles. The quantitative estimate of drug-likeness (QED) is 0.687. The first-order chi connectivity index (χ1) is 8.50. The lowest BCUT2D eigenvalue weighted by Gasteiger charge is -2.21. The summed E-state index contributed by atoms with van der Waals surface area (Å²) in [6, 6.07) is 5.58. The minimum Gasteiger partial charge on any atom is -0.508 e. The second kappa shape index (κ2) is 3.61. The van der Waals surface area contributed by atoms with E-state index in [0.29, 0.717) is 5.75 Å². The van der Waals surface area contributed by atoms with Gasteiger partial charge in [0.05, 0.1) is 0 Å². The van der Waals surface area contributed by atoms with E-state index in [1.807, 2.05) is 12.1 Å². The molecule has 0 spiro atoms. The number of carbonyl (C=O) groups is 1. The molecule has 1 aliphatic heterocycles. The Morgan fingerprint density at radius 2 is 2.11 bits per heavy atom. The van der Waals surface area contributed by atoms with Crippen LogP contribution in [0.4, 0.5) is 0 Å². The Morgan fingerprint density at radius 1 is 1.33 bits per heavy atom. The third-order valence-corrected chi connectivity index (χ3v) is 3.95. The van der Waals surface area contributed by atoms with Crippen molar-refractivity contribution in [2.45, 2.75) is 26.7 Å². The van der Waals surface area contributed by atoms with Gasteiger partial charge in [0.15, 0.2) is 0 Å². The number of phenols is 1. The molecule has 0 bridgehead atoms. The van der Waals surface area contributed by atoms with Gasteiger partial charge in [0.25, 0.3) is 0 Å².